The molecule has 140 valence electrons. The highest BCUT2D eigenvalue weighted by Crippen LogP contribution is 2.58. The number of rotatable bonds is 4. The molecule has 0 unspecified atom stereocenters. The summed E-state index contributed by atoms with van der Waals surface area (Å²) in [6, 6.07) is 0. The summed E-state index contributed by atoms with van der Waals surface area (Å²) >= 11 is 0. The largest absolute Gasteiger partial charge is 0.343 e. The Labute approximate surface area is 149 Å². The average Bonchev–Trinajstić information content (AvgIpc) is 2.70. The number of anilines is 1. The minimum atomic E-state index is -2.47. The third-order valence-corrected chi connectivity index (χ3v) is 5.38. The van der Waals surface area contributed by atoms with E-state index >= 15 is 0 Å². The molecule has 1 N–H and O–H groups in total. The van der Waals surface area contributed by atoms with Gasteiger partial charge < -0.3 is 5.32 Å². The minimum Gasteiger partial charge on any atom is -0.343 e. The number of allylic oxidation sites excluding steroid dienone is 1. The Hall–Kier alpha value is -1.39. The van der Waals surface area contributed by atoms with Crippen LogP contribution in [0.4, 0.5) is 14.6 Å². The molecule has 0 amide bonds. The van der Waals surface area contributed by atoms with Crippen molar-refractivity contribution in [2.75, 3.05) is 5.32 Å². The third kappa shape index (κ3) is 3.75. The van der Waals surface area contributed by atoms with Crippen LogP contribution >= 0.6 is 0 Å². The Bertz CT molecular complexity index is 672. The van der Waals surface area contributed by atoms with Crippen LogP contribution < -0.4 is 5.32 Å². The zero-order valence-corrected chi connectivity index (χ0v) is 16.2. The van der Waals surface area contributed by atoms with Crippen LogP contribution in [0.2, 0.25) is 0 Å². The Kier molecular flexibility index (Phi) is 4.28. The summed E-state index contributed by atoms with van der Waals surface area (Å²) in [5.41, 5.74) is 3.20. The van der Waals surface area contributed by atoms with Crippen molar-refractivity contribution in [1.82, 2.24) is 9.78 Å². The maximum atomic E-state index is 13.5. The molecule has 2 aliphatic rings. The second kappa shape index (κ2) is 5.82. The molecule has 0 bridgehead atoms. The molecule has 3 nitrogen and oxygen atoms in total. The fourth-order valence-electron chi connectivity index (χ4n) is 4.57. The first-order valence-corrected chi connectivity index (χ1v) is 9.32. The van der Waals surface area contributed by atoms with Gasteiger partial charge in [-0.1, -0.05) is 41.2 Å². The standard InChI is InChI=1S/C20H31F2N3/c1-13(2)16-15-10-19(11-20(21,22)12-19)7-8-25(15)24-17(16)23-14(3)9-18(4,5)6/h13H,3,7-12H2,1-2,4-6H3,(H,23,24). The van der Waals surface area contributed by atoms with Gasteiger partial charge in [-0.15, -0.1) is 0 Å². The number of aromatic nitrogens is 2. The average molecular weight is 351 g/mol. The molecule has 1 spiro atoms. The highest BCUT2D eigenvalue weighted by molar-refractivity contribution is 5.53. The van der Waals surface area contributed by atoms with Crippen molar-refractivity contribution in [1.29, 1.82) is 0 Å². The molecule has 0 atom stereocenters. The van der Waals surface area contributed by atoms with Crippen LogP contribution in [0.1, 0.15) is 77.5 Å². The third-order valence-electron chi connectivity index (χ3n) is 5.38. The summed E-state index contributed by atoms with van der Waals surface area (Å²) in [6.07, 6.45) is 2.45. The smallest absolute Gasteiger partial charge is 0.249 e. The molecule has 0 aromatic carbocycles. The maximum absolute atomic E-state index is 13.5. The molecule has 1 aliphatic heterocycles. The molecule has 3 rings (SSSR count). The van der Waals surface area contributed by atoms with E-state index in [0.29, 0.717) is 5.92 Å². The summed E-state index contributed by atoms with van der Waals surface area (Å²) in [5, 5.41) is 8.17. The molecule has 1 aromatic rings. The van der Waals surface area contributed by atoms with Crippen LogP contribution in [-0.4, -0.2) is 15.7 Å². The Morgan fingerprint density at radius 2 is 1.96 bits per heavy atom. The summed E-state index contributed by atoms with van der Waals surface area (Å²) in [4.78, 5) is 0. The normalized spacial score (nSPS) is 21.1. The van der Waals surface area contributed by atoms with Gasteiger partial charge in [-0.25, -0.2) is 8.78 Å². The molecule has 2 heterocycles. The van der Waals surface area contributed by atoms with E-state index in [0.717, 1.165) is 43.0 Å². The van der Waals surface area contributed by atoms with E-state index in [2.05, 4.69) is 46.5 Å². The maximum Gasteiger partial charge on any atom is 0.249 e. The number of fused-ring (bicyclic) bond motifs is 1. The van der Waals surface area contributed by atoms with E-state index in [-0.39, 0.29) is 23.7 Å². The van der Waals surface area contributed by atoms with E-state index in [1.54, 1.807) is 0 Å². The number of nitrogens with one attached hydrogen (secondary N) is 1. The highest BCUT2D eigenvalue weighted by Gasteiger charge is 2.57. The first-order valence-electron chi connectivity index (χ1n) is 9.32. The first-order chi connectivity index (χ1) is 11.4. The molecule has 5 heteroatoms. The number of alkyl halides is 2. The van der Waals surface area contributed by atoms with Crippen LogP contribution in [-0.2, 0) is 13.0 Å². The molecular weight excluding hydrogens is 320 g/mol. The fourth-order valence-corrected chi connectivity index (χ4v) is 4.57. The predicted molar refractivity (Wildman–Crippen MR) is 98.1 cm³/mol. The molecule has 1 aliphatic carbocycles. The van der Waals surface area contributed by atoms with Gasteiger partial charge in [0.25, 0.3) is 0 Å². The van der Waals surface area contributed by atoms with Gasteiger partial charge in [0.05, 0.1) is 0 Å². The van der Waals surface area contributed by atoms with E-state index in [4.69, 9.17) is 5.10 Å². The Morgan fingerprint density at radius 3 is 2.48 bits per heavy atom. The molecule has 1 aromatic heterocycles. The van der Waals surface area contributed by atoms with Crippen molar-refractivity contribution >= 4 is 5.82 Å². The van der Waals surface area contributed by atoms with Crippen LogP contribution in [0.25, 0.3) is 0 Å². The summed E-state index contributed by atoms with van der Waals surface area (Å²) < 4.78 is 29.0. The molecule has 1 fully saturated rings. The van der Waals surface area contributed by atoms with Crippen LogP contribution in [0.15, 0.2) is 12.3 Å². The van der Waals surface area contributed by atoms with E-state index in [9.17, 15) is 8.78 Å². The molecule has 0 saturated heterocycles. The van der Waals surface area contributed by atoms with E-state index in [1.807, 2.05) is 4.68 Å². The van der Waals surface area contributed by atoms with Gasteiger partial charge in [0.2, 0.25) is 5.92 Å². The number of halogens is 2. The monoisotopic (exact) mass is 351 g/mol. The van der Waals surface area contributed by atoms with Crippen LogP contribution in [0.3, 0.4) is 0 Å². The summed E-state index contributed by atoms with van der Waals surface area (Å²) in [5.74, 6) is -1.31. The van der Waals surface area contributed by atoms with E-state index < -0.39 is 5.92 Å². The molecule has 25 heavy (non-hydrogen) atoms. The van der Waals surface area contributed by atoms with Crippen LogP contribution in [0, 0.1) is 10.8 Å². The van der Waals surface area contributed by atoms with Gasteiger partial charge in [0.15, 0.2) is 5.82 Å². The van der Waals surface area contributed by atoms with Gasteiger partial charge in [0, 0.05) is 36.3 Å². The fraction of sp³-hybridized carbons (Fsp3) is 0.750. The second-order valence-corrected chi connectivity index (χ2v) is 9.69. The topological polar surface area (TPSA) is 29.9 Å². The Morgan fingerprint density at radius 1 is 1.32 bits per heavy atom. The second-order valence-electron chi connectivity index (χ2n) is 9.69. The molecule has 0 radical (unpaired) electrons. The Balaban J connectivity index is 1.84. The number of aryl methyl sites for hydroxylation is 1. The highest BCUT2D eigenvalue weighted by atomic mass is 19.3. The van der Waals surface area contributed by atoms with Gasteiger partial charge in [-0.2, -0.15) is 5.10 Å². The predicted octanol–water partition coefficient (Wildman–Crippen LogP) is 5.73. The van der Waals surface area contributed by atoms with E-state index in [1.165, 1.54) is 5.56 Å². The molecular formula is C20H31F2N3. The van der Waals surface area contributed by atoms with Gasteiger partial charge in [-0.05, 0) is 36.0 Å². The number of nitrogens with zero attached hydrogens (tertiary/aromatic N) is 2. The van der Waals surface area contributed by atoms with Crippen molar-refractivity contribution in [3.05, 3.63) is 23.5 Å². The van der Waals surface area contributed by atoms with Crippen molar-refractivity contribution in [3.63, 3.8) is 0 Å². The summed E-state index contributed by atoms with van der Waals surface area (Å²) in [6.45, 7) is 15.7. The zero-order chi connectivity index (χ0) is 18.6. The lowest BCUT2D eigenvalue weighted by atomic mass is 9.60. The van der Waals surface area contributed by atoms with Gasteiger partial charge in [-0.3, -0.25) is 4.68 Å². The minimum absolute atomic E-state index is 0.0300. The van der Waals surface area contributed by atoms with Crippen molar-refractivity contribution < 1.29 is 8.78 Å². The lowest BCUT2D eigenvalue weighted by molar-refractivity contribution is -0.169. The summed E-state index contributed by atoms with van der Waals surface area (Å²) in [7, 11) is 0. The first kappa shape index (κ1) is 18.4. The van der Waals surface area contributed by atoms with Crippen LogP contribution in [0.5, 0.6) is 0 Å². The quantitative estimate of drug-likeness (QED) is 0.751. The number of hydrogen-bond acceptors (Lipinski definition) is 2. The molecule has 1 saturated carbocycles. The van der Waals surface area contributed by atoms with Gasteiger partial charge in [0.1, 0.15) is 0 Å². The van der Waals surface area contributed by atoms with Crippen molar-refractivity contribution in [3.8, 4) is 0 Å². The SMILES string of the molecule is C=C(CC(C)(C)C)Nc1nn2c(c1C(C)C)CC1(CC2)CC(F)(F)C1. The van der Waals surface area contributed by atoms with Gasteiger partial charge >= 0.3 is 0 Å². The lowest BCUT2D eigenvalue weighted by Gasteiger charge is -2.49. The zero-order valence-electron chi connectivity index (χ0n) is 16.2. The van der Waals surface area contributed by atoms with Crippen molar-refractivity contribution in [2.24, 2.45) is 10.8 Å². The number of hydrogen-bond donors (Lipinski definition) is 1. The lowest BCUT2D eigenvalue weighted by Crippen LogP contribution is -2.50. The van der Waals surface area contributed by atoms with Crippen molar-refractivity contribution in [2.45, 2.75) is 85.1 Å².